The fraction of sp³-hybridized carbons (Fsp3) is 0.857. The third-order valence-electron chi connectivity index (χ3n) is 3.81. The van der Waals surface area contributed by atoms with Crippen LogP contribution in [0.3, 0.4) is 0 Å². The Hall–Kier alpha value is -1.13. The molecule has 2 rings (SSSR count). The van der Waals surface area contributed by atoms with Crippen molar-refractivity contribution >= 4 is 11.8 Å². The van der Waals surface area contributed by atoms with Gasteiger partial charge in [0.05, 0.1) is 6.67 Å². The molecule has 0 bridgehead atoms. The van der Waals surface area contributed by atoms with Crippen molar-refractivity contribution in [3.8, 4) is 0 Å². The molecule has 1 saturated heterocycles. The molecule has 5 heteroatoms. The number of hydrogen-bond donors (Lipinski definition) is 1. The first-order chi connectivity index (χ1) is 9.04. The quantitative estimate of drug-likeness (QED) is 0.795. The second kappa shape index (κ2) is 5.88. The first-order valence-corrected chi connectivity index (χ1v) is 7.21. The molecule has 1 heterocycles. The molecule has 108 valence electrons. The van der Waals surface area contributed by atoms with Gasteiger partial charge in [0.1, 0.15) is 12.1 Å². The van der Waals surface area contributed by atoms with Gasteiger partial charge in [0.25, 0.3) is 0 Å². The zero-order valence-electron chi connectivity index (χ0n) is 11.7. The van der Waals surface area contributed by atoms with E-state index in [1.807, 2.05) is 13.8 Å². The molecule has 0 radical (unpaired) electrons. The average Bonchev–Trinajstić information content (AvgIpc) is 3.14. The van der Waals surface area contributed by atoms with E-state index < -0.39 is 12.7 Å². The summed E-state index contributed by atoms with van der Waals surface area (Å²) in [5.74, 6) is 0.545. The predicted octanol–water partition coefficient (Wildman–Crippen LogP) is 1.50. The van der Waals surface area contributed by atoms with E-state index in [-0.39, 0.29) is 23.8 Å². The minimum Gasteiger partial charge on any atom is -0.342 e. The maximum Gasteiger partial charge on any atom is 0.245 e. The first-order valence-electron chi connectivity index (χ1n) is 7.21. The predicted molar refractivity (Wildman–Crippen MR) is 70.2 cm³/mol. The Kier molecular flexibility index (Phi) is 4.42. The lowest BCUT2D eigenvalue weighted by atomic mass is 9.96. The zero-order valence-corrected chi connectivity index (χ0v) is 11.7. The Morgan fingerprint density at radius 1 is 1.37 bits per heavy atom. The van der Waals surface area contributed by atoms with Gasteiger partial charge < -0.3 is 10.2 Å². The van der Waals surface area contributed by atoms with Gasteiger partial charge in [0.2, 0.25) is 11.8 Å². The van der Waals surface area contributed by atoms with Crippen LogP contribution in [0, 0.1) is 11.8 Å². The SMILES string of the molecule is CC(C)CC1NC(=O)C(C2CC2)N(CCCF)C1=O. The van der Waals surface area contributed by atoms with E-state index in [2.05, 4.69) is 5.32 Å². The highest BCUT2D eigenvalue weighted by molar-refractivity contribution is 5.97. The Morgan fingerprint density at radius 2 is 2.05 bits per heavy atom. The standard InChI is InChI=1S/C14H23FN2O2/c1-9(2)8-11-14(19)17(7-3-6-15)12(10-4-5-10)13(18)16-11/h9-12H,3-8H2,1-2H3,(H,16,18). The summed E-state index contributed by atoms with van der Waals surface area (Å²) in [5, 5.41) is 2.85. The summed E-state index contributed by atoms with van der Waals surface area (Å²) in [5.41, 5.74) is 0. The molecule has 2 aliphatic rings. The number of piperazine rings is 1. The lowest BCUT2D eigenvalue weighted by molar-refractivity contribution is -0.150. The van der Waals surface area contributed by atoms with Crippen LogP contribution in [0.25, 0.3) is 0 Å². The van der Waals surface area contributed by atoms with Crippen molar-refractivity contribution in [1.29, 1.82) is 0 Å². The number of nitrogens with one attached hydrogen (secondary N) is 1. The summed E-state index contributed by atoms with van der Waals surface area (Å²) in [4.78, 5) is 26.3. The van der Waals surface area contributed by atoms with Gasteiger partial charge in [0, 0.05) is 6.54 Å². The molecule has 0 spiro atoms. The molecular weight excluding hydrogens is 247 g/mol. The van der Waals surface area contributed by atoms with Crippen molar-refractivity contribution in [2.75, 3.05) is 13.2 Å². The van der Waals surface area contributed by atoms with Gasteiger partial charge >= 0.3 is 0 Å². The van der Waals surface area contributed by atoms with Crippen LogP contribution < -0.4 is 5.32 Å². The van der Waals surface area contributed by atoms with E-state index in [1.54, 1.807) is 4.90 Å². The van der Waals surface area contributed by atoms with Crippen LogP contribution in [0.15, 0.2) is 0 Å². The van der Waals surface area contributed by atoms with Gasteiger partial charge in [-0.25, -0.2) is 0 Å². The smallest absolute Gasteiger partial charge is 0.245 e. The fourth-order valence-corrected chi connectivity index (χ4v) is 2.79. The molecule has 0 aromatic rings. The van der Waals surface area contributed by atoms with E-state index >= 15 is 0 Å². The van der Waals surface area contributed by atoms with E-state index in [1.165, 1.54) is 0 Å². The van der Waals surface area contributed by atoms with Gasteiger partial charge in [-0.2, -0.15) is 0 Å². The van der Waals surface area contributed by atoms with Gasteiger partial charge in [-0.3, -0.25) is 14.0 Å². The number of nitrogens with zero attached hydrogens (tertiary/aromatic N) is 1. The second-order valence-electron chi connectivity index (χ2n) is 6.05. The summed E-state index contributed by atoms with van der Waals surface area (Å²) in [7, 11) is 0. The number of alkyl halides is 1. The molecule has 4 nitrogen and oxygen atoms in total. The summed E-state index contributed by atoms with van der Waals surface area (Å²) in [6.07, 6.45) is 2.95. The average molecular weight is 270 g/mol. The Labute approximate surface area is 113 Å². The molecule has 0 aromatic heterocycles. The molecule has 19 heavy (non-hydrogen) atoms. The van der Waals surface area contributed by atoms with E-state index in [9.17, 15) is 14.0 Å². The van der Waals surface area contributed by atoms with Crippen molar-refractivity contribution in [2.45, 2.75) is 51.6 Å². The van der Waals surface area contributed by atoms with Crippen molar-refractivity contribution in [3.05, 3.63) is 0 Å². The fourth-order valence-electron chi connectivity index (χ4n) is 2.79. The number of carbonyl (C=O) groups is 2. The van der Waals surface area contributed by atoms with Crippen molar-refractivity contribution in [3.63, 3.8) is 0 Å². The number of amides is 2. The molecule has 2 unspecified atom stereocenters. The summed E-state index contributed by atoms with van der Waals surface area (Å²) in [6.45, 7) is 3.97. The van der Waals surface area contributed by atoms with Crippen LogP contribution >= 0.6 is 0 Å². The minimum absolute atomic E-state index is 0.0290. The zero-order chi connectivity index (χ0) is 14.0. The van der Waals surface area contributed by atoms with E-state index in [0.717, 1.165) is 12.8 Å². The van der Waals surface area contributed by atoms with Crippen LogP contribution in [-0.4, -0.2) is 42.0 Å². The molecule has 2 amide bonds. The molecule has 1 aliphatic carbocycles. The van der Waals surface area contributed by atoms with Gasteiger partial charge in [-0.05, 0) is 37.5 Å². The van der Waals surface area contributed by atoms with Crippen molar-refractivity contribution in [1.82, 2.24) is 10.2 Å². The lowest BCUT2D eigenvalue weighted by Crippen LogP contribution is -2.64. The molecule has 1 saturated carbocycles. The monoisotopic (exact) mass is 270 g/mol. The molecule has 1 N–H and O–H groups in total. The third-order valence-corrected chi connectivity index (χ3v) is 3.81. The lowest BCUT2D eigenvalue weighted by Gasteiger charge is -2.39. The molecule has 2 fully saturated rings. The normalized spacial score (nSPS) is 27.9. The molecular formula is C14H23FN2O2. The Morgan fingerprint density at radius 3 is 2.58 bits per heavy atom. The molecule has 1 aliphatic heterocycles. The minimum atomic E-state index is -0.447. The number of hydrogen-bond acceptors (Lipinski definition) is 2. The maximum atomic E-state index is 12.4. The number of rotatable bonds is 6. The molecule has 0 aromatic carbocycles. The van der Waals surface area contributed by atoms with Crippen LogP contribution in [0.5, 0.6) is 0 Å². The first kappa shape index (κ1) is 14.3. The number of carbonyl (C=O) groups excluding carboxylic acids is 2. The summed E-state index contributed by atoms with van der Waals surface area (Å²) >= 11 is 0. The van der Waals surface area contributed by atoms with Gasteiger partial charge in [-0.15, -0.1) is 0 Å². The Balaban J connectivity index is 2.10. The van der Waals surface area contributed by atoms with E-state index in [4.69, 9.17) is 0 Å². The highest BCUT2D eigenvalue weighted by atomic mass is 19.1. The highest BCUT2D eigenvalue weighted by Crippen LogP contribution is 2.37. The van der Waals surface area contributed by atoms with Crippen molar-refractivity contribution in [2.24, 2.45) is 11.8 Å². The van der Waals surface area contributed by atoms with Crippen LogP contribution in [0.1, 0.15) is 39.5 Å². The van der Waals surface area contributed by atoms with Crippen molar-refractivity contribution < 1.29 is 14.0 Å². The molecule has 2 atom stereocenters. The maximum absolute atomic E-state index is 12.4. The summed E-state index contributed by atoms with van der Waals surface area (Å²) < 4.78 is 12.4. The van der Waals surface area contributed by atoms with E-state index in [0.29, 0.717) is 25.3 Å². The van der Waals surface area contributed by atoms with Gasteiger partial charge in [0.15, 0.2) is 0 Å². The topological polar surface area (TPSA) is 49.4 Å². The number of halogens is 1. The van der Waals surface area contributed by atoms with Gasteiger partial charge in [-0.1, -0.05) is 13.8 Å². The third kappa shape index (κ3) is 3.25. The second-order valence-corrected chi connectivity index (χ2v) is 6.05. The summed E-state index contributed by atoms with van der Waals surface area (Å²) in [6, 6.07) is -0.787. The van der Waals surface area contributed by atoms with Crippen LogP contribution in [-0.2, 0) is 9.59 Å². The largest absolute Gasteiger partial charge is 0.342 e. The Bertz CT molecular complexity index is 355. The van der Waals surface area contributed by atoms with Crippen LogP contribution in [0.2, 0.25) is 0 Å². The highest BCUT2D eigenvalue weighted by Gasteiger charge is 2.47. The van der Waals surface area contributed by atoms with Crippen LogP contribution in [0.4, 0.5) is 4.39 Å².